The maximum atomic E-state index is 12.8. The Hall–Kier alpha value is -2.06. The summed E-state index contributed by atoms with van der Waals surface area (Å²) < 4.78 is 12.8. The fraction of sp³-hybridized carbons (Fsp3) is 0.250. The highest BCUT2D eigenvalue weighted by molar-refractivity contribution is 7.77. The van der Waals surface area contributed by atoms with E-state index in [0.29, 0.717) is 10.6 Å². The van der Waals surface area contributed by atoms with Crippen molar-refractivity contribution in [3.63, 3.8) is 0 Å². The van der Waals surface area contributed by atoms with Crippen LogP contribution < -0.4 is 10.6 Å². The fourth-order valence-electron chi connectivity index (χ4n) is 1.57. The van der Waals surface area contributed by atoms with Crippen molar-refractivity contribution in [1.82, 2.24) is 0 Å². The van der Waals surface area contributed by atoms with E-state index in [1.54, 1.807) is 69.3 Å². The van der Waals surface area contributed by atoms with Gasteiger partial charge in [-0.15, -0.1) is 0 Å². The number of rotatable bonds is 3. The lowest BCUT2D eigenvalue weighted by molar-refractivity contribution is 0.102. The molecule has 0 aliphatic rings. The molecule has 0 aliphatic heterocycles. The van der Waals surface area contributed by atoms with Crippen LogP contribution in [0.1, 0.15) is 20.8 Å². The molecule has 2 aromatic rings. The quantitative estimate of drug-likeness (QED) is 0.401. The molecule has 2 rings (SSSR count). The first-order valence-electron chi connectivity index (χ1n) is 6.77. The van der Waals surface area contributed by atoms with Gasteiger partial charge in [0.2, 0.25) is 7.29 Å². The molecule has 0 radical (unpaired) electrons. The smallest absolute Gasteiger partial charge is 0.228 e. The Morgan fingerprint density at radius 1 is 0.955 bits per heavy atom. The Kier molecular flexibility index (Phi) is 6.39. The number of nitrogens with zero attached hydrogens (tertiary/aromatic N) is 3. The lowest BCUT2D eigenvalue weighted by Gasteiger charge is -2.12. The highest BCUT2D eigenvalue weighted by Gasteiger charge is 2.25. The Balaban J connectivity index is 0.000000422. The van der Waals surface area contributed by atoms with E-state index < -0.39 is 12.9 Å². The zero-order chi connectivity index (χ0) is 16.6. The zero-order valence-corrected chi connectivity index (χ0v) is 13.8. The molecule has 2 aromatic carbocycles. The predicted molar refractivity (Wildman–Crippen MR) is 90.9 cm³/mol. The van der Waals surface area contributed by atoms with Crippen LogP contribution in [0.2, 0.25) is 0 Å². The second kappa shape index (κ2) is 7.81. The Bertz CT molecular complexity index is 626. The van der Waals surface area contributed by atoms with Crippen molar-refractivity contribution in [2.75, 3.05) is 0 Å². The van der Waals surface area contributed by atoms with Gasteiger partial charge in [-0.1, -0.05) is 60.7 Å². The maximum absolute atomic E-state index is 12.8. The van der Waals surface area contributed by atoms with Gasteiger partial charge in [-0.05, 0) is 31.2 Å². The molecule has 0 aromatic heterocycles. The molecule has 0 aliphatic carbocycles. The summed E-state index contributed by atoms with van der Waals surface area (Å²) in [7, 11) is -3.22. The van der Waals surface area contributed by atoms with Crippen LogP contribution in [0.25, 0.3) is 10.4 Å². The normalized spacial score (nSPS) is 10.9. The lowest BCUT2D eigenvalue weighted by Crippen LogP contribution is -2.13. The van der Waals surface area contributed by atoms with Crippen molar-refractivity contribution in [2.45, 2.75) is 26.4 Å². The molecule has 1 N–H and O–H groups in total. The predicted octanol–water partition coefficient (Wildman–Crippen LogP) is 4.00. The molecule has 0 bridgehead atoms. The summed E-state index contributed by atoms with van der Waals surface area (Å²) in [5.74, 6) is 0. The summed E-state index contributed by atoms with van der Waals surface area (Å²) in [6.45, 7) is 5.23. The molecule has 0 fully saturated rings. The molecule has 22 heavy (non-hydrogen) atoms. The number of benzene rings is 2. The molecule has 0 heterocycles. The second-order valence-corrected chi connectivity index (χ2v) is 7.96. The van der Waals surface area contributed by atoms with Crippen molar-refractivity contribution in [2.24, 2.45) is 4.88 Å². The van der Waals surface area contributed by atoms with E-state index in [4.69, 9.17) is 10.6 Å². The first-order valence-corrected chi connectivity index (χ1v) is 8.43. The van der Waals surface area contributed by atoms with Gasteiger partial charge in [0.1, 0.15) is 0 Å². The third kappa shape index (κ3) is 5.74. The van der Waals surface area contributed by atoms with E-state index in [2.05, 4.69) is 9.80 Å². The minimum absolute atomic E-state index is 0.500. The summed E-state index contributed by atoms with van der Waals surface area (Å²) in [6, 6.07) is 17.6. The van der Waals surface area contributed by atoms with Crippen LogP contribution in [0, 0.1) is 0 Å². The molecular formula is C16H20N3O2P. The van der Waals surface area contributed by atoms with Gasteiger partial charge in [-0.2, -0.15) is 0 Å². The van der Waals surface area contributed by atoms with Crippen LogP contribution in [-0.4, -0.2) is 10.7 Å². The molecule has 0 atom stereocenters. The summed E-state index contributed by atoms with van der Waals surface area (Å²) in [6.07, 6.45) is 0. The van der Waals surface area contributed by atoms with Gasteiger partial charge >= 0.3 is 0 Å². The Labute approximate surface area is 130 Å². The van der Waals surface area contributed by atoms with Gasteiger partial charge in [0.05, 0.1) is 5.60 Å². The third-order valence-electron chi connectivity index (χ3n) is 2.38. The average molecular weight is 317 g/mol. The lowest BCUT2D eigenvalue weighted by atomic mass is 10.2. The van der Waals surface area contributed by atoms with Crippen LogP contribution >= 0.6 is 7.29 Å². The molecule has 6 heteroatoms. The van der Waals surface area contributed by atoms with Crippen molar-refractivity contribution < 1.29 is 9.67 Å². The van der Waals surface area contributed by atoms with Gasteiger partial charge in [0.25, 0.3) is 0 Å². The molecule has 0 amide bonds. The minimum Gasteiger partial charge on any atom is -0.391 e. The molecular weight excluding hydrogens is 297 g/mol. The van der Waals surface area contributed by atoms with Gasteiger partial charge in [0.15, 0.2) is 0 Å². The Morgan fingerprint density at radius 2 is 1.27 bits per heavy atom. The van der Waals surface area contributed by atoms with E-state index in [-0.39, 0.29) is 0 Å². The largest absolute Gasteiger partial charge is 0.391 e. The van der Waals surface area contributed by atoms with Crippen molar-refractivity contribution in [1.29, 1.82) is 0 Å². The fourth-order valence-corrected chi connectivity index (χ4v) is 3.34. The van der Waals surface area contributed by atoms with Crippen LogP contribution in [0.15, 0.2) is 65.5 Å². The molecule has 0 saturated carbocycles. The summed E-state index contributed by atoms with van der Waals surface area (Å²) in [5.41, 5.74) is 8.11. The van der Waals surface area contributed by atoms with Gasteiger partial charge in [-0.3, -0.25) is 0 Å². The van der Waals surface area contributed by atoms with E-state index in [1.807, 2.05) is 12.1 Å². The van der Waals surface area contributed by atoms with Crippen molar-refractivity contribution in [3.05, 3.63) is 71.1 Å². The van der Waals surface area contributed by atoms with Crippen LogP contribution in [-0.2, 0) is 4.57 Å². The highest BCUT2D eigenvalue weighted by Crippen LogP contribution is 2.44. The summed E-state index contributed by atoms with van der Waals surface area (Å²) in [5, 5.41) is 9.61. The van der Waals surface area contributed by atoms with Crippen molar-refractivity contribution >= 4 is 17.9 Å². The molecule has 0 spiro atoms. The number of azide groups is 1. The van der Waals surface area contributed by atoms with E-state index in [1.165, 1.54) is 0 Å². The Morgan fingerprint density at radius 3 is 1.55 bits per heavy atom. The first-order chi connectivity index (χ1) is 10.3. The average Bonchev–Trinajstić information content (AvgIpc) is 2.47. The molecule has 0 saturated heterocycles. The van der Waals surface area contributed by atoms with Crippen LogP contribution in [0.4, 0.5) is 0 Å². The monoisotopic (exact) mass is 317 g/mol. The van der Waals surface area contributed by atoms with Gasteiger partial charge in [0, 0.05) is 15.5 Å². The molecule has 0 unspecified atom stereocenters. The topological polar surface area (TPSA) is 86.1 Å². The third-order valence-corrected chi connectivity index (χ3v) is 4.71. The zero-order valence-electron chi connectivity index (χ0n) is 12.9. The minimum atomic E-state index is -3.22. The number of hydrogen-bond donors (Lipinski definition) is 1. The molecule has 116 valence electrons. The van der Waals surface area contributed by atoms with Crippen molar-refractivity contribution in [3.8, 4) is 0 Å². The number of hydrogen-bond acceptors (Lipinski definition) is 2. The summed E-state index contributed by atoms with van der Waals surface area (Å²) >= 11 is 0. The number of aliphatic hydroxyl groups is 1. The van der Waals surface area contributed by atoms with Crippen LogP contribution in [0.5, 0.6) is 0 Å². The summed E-state index contributed by atoms with van der Waals surface area (Å²) in [4.78, 5) is 6.26. The SMILES string of the molecule is CC(C)(C)O.[N-]=[N+]=NP(=O)(c1ccccc1)c1ccccc1. The van der Waals surface area contributed by atoms with Gasteiger partial charge < -0.3 is 9.67 Å². The van der Waals surface area contributed by atoms with E-state index in [9.17, 15) is 4.57 Å². The van der Waals surface area contributed by atoms with Gasteiger partial charge in [-0.25, -0.2) is 0 Å². The highest BCUT2D eigenvalue weighted by atomic mass is 31.2. The van der Waals surface area contributed by atoms with Crippen LogP contribution in [0.3, 0.4) is 0 Å². The maximum Gasteiger partial charge on any atom is 0.228 e. The van der Waals surface area contributed by atoms with E-state index >= 15 is 0 Å². The molecule has 5 nitrogen and oxygen atoms in total. The standard InChI is InChI=1S/C12H10N3OP.C4H10O/c13-14-15-17(16,11-7-3-1-4-8-11)12-9-5-2-6-10-12;1-4(2,3)5/h1-10H;5H,1-3H3. The first kappa shape index (κ1) is 18.0. The second-order valence-electron chi connectivity index (χ2n) is 5.60. The van der Waals surface area contributed by atoms with E-state index in [0.717, 1.165) is 0 Å².